The molecule has 1 fully saturated rings. The van der Waals surface area contributed by atoms with E-state index in [0.717, 1.165) is 19.1 Å². The SMILES string of the molecule is CC(C)=CCCCCC1CCOCC1. The van der Waals surface area contributed by atoms with E-state index in [1.54, 1.807) is 0 Å². The predicted molar refractivity (Wildman–Crippen MR) is 61.4 cm³/mol. The maximum Gasteiger partial charge on any atom is 0.0468 e. The van der Waals surface area contributed by atoms with Crippen molar-refractivity contribution in [3.63, 3.8) is 0 Å². The zero-order valence-electron chi connectivity index (χ0n) is 9.72. The molecule has 1 aliphatic rings. The molecule has 1 saturated heterocycles. The molecule has 1 rings (SSSR count). The van der Waals surface area contributed by atoms with Gasteiger partial charge in [-0.25, -0.2) is 0 Å². The lowest BCUT2D eigenvalue weighted by molar-refractivity contribution is 0.0632. The quantitative estimate of drug-likeness (QED) is 0.478. The van der Waals surface area contributed by atoms with Gasteiger partial charge < -0.3 is 4.74 Å². The van der Waals surface area contributed by atoms with Crippen molar-refractivity contribution in [3.8, 4) is 0 Å². The summed E-state index contributed by atoms with van der Waals surface area (Å²) in [6.45, 7) is 6.36. The van der Waals surface area contributed by atoms with Gasteiger partial charge in [0.15, 0.2) is 0 Å². The monoisotopic (exact) mass is 196 g/mol. The molecule has 1 aliphatic heterocycles. The Morgan fingerprint density at radius 3 is 2.57 bits per heavy atom. The Morgan fingerprint density at radius 2 is 1.93 bits per heavy atom. The van der Waals surface area contributed by atoms with Crippen LogP contribution in [0, 0.1) is 5.92 Å². The topological polar surface area (TPSA) is 9.23 Å². The minimum Gasteiger partial charge on any atom is -0.381 e. The molecule has 0 unspecified atom stereocenters. The Kier molecular flexibility index (Phi) is 5.93. The van der Waals surface area contributed by atoms with Gasteiger partial charge in [0.2, 0.25) is 0 Å². The summed E-state index contributed by atoms with van der Waals surface area (Å²) >= 11 is 0. The summed E-state index contributed by atoms with van der Waals surface area (Å²) < 4.78 is 5.35. The maximum absolute atomic E-state index is 5.35. The zero-order valence-corrected chi connectivity index (χ0v) is 9.72. The van der Waals surface area contributed by atoms with E-state index in [1.165, 1.54) is 44.1 Å². The molecule has 0 aromatic heterocycles. The summed E-state index contributed by atoms with van der Waals surface area (Å²) in [5.74, 6) is 0.954. The third-order valence-corrected chi connectivity index (χ3v) is 2.96. The molecule has 0 aliphatic carbocycles. The highest BCUT2D eigenvalue weighted by molar-refractivity contribution is 4.92. The molecule has 0 aromatic rings. The van der Waals surface area contributed by atoms with E-state index in [4.69, 9.17) is 4.74 Å². The molecule has 0 bridgehead atoms. The minimum absolute atomic E-state index is 0.954. The largest absolute Gasteiger partial charge is 0.381 e. The van der Waals surface area contributed by atoms with Crippen LogP contribution in [0.1, 0.15) is 52.4 Å². The van der Waals surface area contributed by atoms with Crippen molar-refractivity contribution in [2.75, 3.05) is 13.2 Å². The van der Waals surface area contributed by atoms with Crippen molar-refractivity contribution in [1.29, 1.82) is 0 Å². The molecule has 0 amide bonds. The Bertz CT molecular complexity index is 162. The first-order valence-corrected chi connectivity index (χ1v) is 6.00. The van der Waals surface area contributed by atoms with E-state index in [9.17, 15) is 0 Å². The van der Waals surface area contributed by atoms with Gasteiger partial charge in [-0.1, -0.05) is 24.5 Å². The number of hydrogen-bond acceptors (Lipinski definition) is 1. The van der Waals surface area contributed by atoms with Gasteiger partial charge in [-0.2, -0.15) is 0 Å². The molecule has 82 valence electrons. The van der Waals surface area contributed by atoms with Crippen molar-refractivity contribution in [2.45, 2.75) is 52.4 Å². The molecule has 14 heavy (non-hydrogen) atoms. The predicted octanol–water partition coefficient (Wildman–Crippen LogP) is 3.94. The summed E-state index contributed by atoms with van der Waals surface area (Å²) in [4.78, 5) is 0. The Hall–Kier alpha value is -0.300. The second-order valence-electron chi connectivity index (χ2n) is 4.62. The molecule has 0 spiro atoms. The minimum atomic E-state index is 0.954. The molecule has 1 heteroatoms. The van der Waals surface area contributed by atoms with E-state index < -0.39 is 0 Å². The molecule has 0 N–H and O–H groups in total. The maximum atomic E-state index is 5.35. The summed E-state index contributed by atoms with van der Waals surface area (Å²) in [5, 5.41) is 0. The fourth-order valence-electron chi connectivity index (χ4n) is 2.00. The van der Waals surface area contributed by atoms with Crippen LogP contribution in [0.25, 0.3) is 0 Å². The van der Waals surface area contributed by atoms with Crippen LogP contribution in [0.15, 0.2) is 11.6 Å². The standard InChI is InChI=1S/C13H24O/c1-12(2)6-4-3-5-7-13-8-10-14-11-9-13/h6,13H,3-5,7-11H2,1-2H3. The highest BCUT2D eigenvalue weighted by Gasteiger charge is 2.12. The summed E-state index contributed by atoms with van der Waals surface area (Å²) in [6, 6.07) is 0. The Morgan fingerprint density at radius 1 is 1.21 bits per heavy atom. The van der Waals surface area contributed by atoms with Crippen molar-refractivity contribution >= 4 is 0 Å². The van der Waals surface area contributed by atoms with Gasteiger partial charge in [0, 0.05) is 13.2 Å². The summed E-state index contributed by atoms with van der Waals surface area (Å²) in [7, 11) is 0. The van der Waals surface area contributed by atoms with Gasteiger partial charge in [-0.3, -0.25) is 0 Å². The number of unbranched alkanes of at least 4 members (excludes halogenated alkanes) is 2. The third-order valence-electron chi connectivity index (χ3n) is 2.96. The van der Waals surface area contributed by atoms with E-state index in [2.05, 4.69) is 19.9 Å². The van der Waals surface area contributed by atoms with Crippen LogP contribution in [-0.2, 0) is 4.74 Å². The number of hydrogen-bond donors (Lipinski definition) is 0. The average molecular weight is 196 g/mol. The molecular weight excluding hydrogens is 172 g/mol. The first kappa shape index (κ1) is 11.8. The van der Waals surface area contributed by atoms with Crippen LogP contribution in [0.4, 0.5) is 0 Å². The molecular formula is C13H24O. The second-order valence-corrected chi connectivity index (χ2v) is 4.62. The third kappa shape index (κ3) is 5.43. The molecule has 0 radical (unpaired) electrons. The van der Waals surface area contributed by atoms with E-state index in [0.29, 0.717) is 0 Å². The first-order chi connectivity index (χ1) is 6.79. The lowest BCUT2D eigenvalue weighted by Gasteiger charge is -2.21. The van der Waals surface area contributed by atoms with Crippen molar-refractivity contribution in [2.24, 2.45) is 5.92 Å². The van der Waals surface area contributed by atoms with Gasteiger partial charge in [0.25, 0.3) is 0 Å². The van der Waals surface area contributed by atoms with Gasteiger partial charge in [0.05, 0.1) is 0 Å². The van der Waals surface area contributed by atoms with Crippen molar-refractivity contribution < 1.29 is 4.74 Å². The lowest BCUT2D eigenvalue weighted by atomic mass is 9.94. The molecule has 0 aromatic carbocycles. The molecule has 1 nitrogen and oxygen atoms in total. The van der Waals surface area contributed by atoms with Crippen LogP contribution < -0.4 is 0 Å². The summed E-state index contributed by atoms with van der Waals surface area (Å²) in [5.41, 5.74) is 1.45. The normalized spacial score (nSPS) is 18.1. The smallest absolute Gasteiger partial charge is 0.0468 e. The van der Waals surface area contributed by atoms with Crippen LogP contribution in [-0.4, -0.2) is 13.2 Å². The second kappa shape index (κ2) is 7.05. The van der Waals surface area contributed by atoms with E-state index in [1.807, 2.05) is 0 Å². The fourth-order valence-corrected chi connectivity index (χ4v) is 2.00. The van der Waals surface area contributed by atoms with Crippen LogP contribution >= 0.6 is 0 Å². The van der Waals surface area contributed by atoms with Crippen LogP contribution in [0.2, 0.25) is 0 Å². The Balaban J connectivity index is 1.95. The molecule has 0 atom stereocenters. The van der Waals surface area contributed by atoms with Gasteiger partial charge in [0.1, 0.15) is 0 Å². The van der Waals surface area contributed by atoms with E-state index >= 15 is 0 Å². The number of rotatable bonds is 5. The molecule has 1 heterocycles. The van der Waals surface area contributed by atoms with Gasteiger partial charge in [-0.15, -0.1) is 0 Å². The average Bonchev–Trinajstić information content (AvgIpc) is 2.18. The van der Waals surface area contributed by atoms with Gasteiger partial charge >= 0.3 is 0 Å². The van der Waals surface area contributed by atoms with E-state index in [-0.39, 0.29) is 0 Å². The fraction of sp³-hybridized carbons (Fsp3) is 0.846. The van der Waals surface area contributed by atoms with Crippen molar-refractivity contribution in [3.05, 3.63) is 11.6 Å². The van der Waals surface area contributed by atoms with Crippen molar-refractivity contribution in [1.82, 2.24) is 0 Å². The van der Waals surface area contributed by atoms with Crippen LogP contribution in [0.5, 0.6) is 0 Å². The zero-order chi connectivity index (χ0) is 10.2. The number of allylic oxidation sites excluding steroid dienone is 2. The van der Waals surface area contributed by atoms with Crippen LogP contribution in [0.3, 0.4) is 0 Å². The highest BCUT2D eigenvalue weighted by Crippen LogP contribution is 2.21. The highest BCUT2D eigenvalue weighted by atomic mass is 16.5. The van der Waals surface area contributed by atoms with Gasteiger partial charge in [-0.05, 0) is 45.4 Å². The summed E-state index contributed by atoms with van der Waals surface area (Å²) in [6.07, 6.45) is 10.4. The first-order valence-electron chi connectivity index (χ1n) is 6.00. The lowest BCUT2D eigenvalue weighted by Crippen LogP contribution is -2.15. The number of ether oxygens (including phenoxy) is 1. The molecule has 0 saturated carbocycles. The Labute approximate surface area is 88.5 Å².